The minimum atomic E-state index is -3.67. The number of benzene rings is 1. The van der Waals surface area contributed by atoms with Gasteiger partial charge in [-0.25, -0.2) is 0 Å². The van der Waals surface area contributed by atoms with Gasteiger partial charge in [0, 0.05) is 24.7 Å². The summed E-state index contributed by atoms with van der Waals surface area (Å²) >= 11 is 5.81. The van der Waals surface area contributed by atoms with E-state index in [2.05, 4.69) is 4.72 Å². The van der Waals surface area contributed by atoms with Crippen LogP contribution in [0.15, 0.2) is 24.3 Å². The highest BCUT2D eigenvalue weighted by Gasteiger charge is 2.26. The molecule has 1 aliphatic heterocycles. The average Bonchev–Trinajstić information content (AvgIpc) is 2.75. The molecule has 0 saturated carbocycles. The monoisotopic (exact) mass is 334 g/mol. The molecule has 0 bridgehead atoms. The zero-order valence-electron chi connectivity index (χ0n) is 11.5. The van der Waals surface area contributed by atoms with Crippen LogP contribution in [-0.4, -0.2) is 50.7 Å². The van der Waals surface area contributed by atoms with Crippen molar-refractivity contribution < 1.29 is 18.3 Å². The van der Waals surface area contributed by atoms with Crippen LogP contribution in [0.2, 0.25) is 5.02 Å². The van der Waals surface area contributed by atoms with Gasteiger partial charge in [0.05, 0.1) is 19.3 Å². The first-order valence-corrected chi connectivity index (χ1v) is 8.56. The molecule has 1 aromatic rings. The molecule has 0 aliphatic carbocycles. The molecule has 1 saturated heterocycles. The highest BCUT2D eigenvalue weighted by molar-refractivity contribution is 7.87. The first-order valence-electron chi connectivity index (χ1n) is 6.74. The van der Waals surface area contributed by atoms with Gasteiger partial charge in [0.2, 0.25) is 0 Å². The lowest BCUT2D eigenvalue weighted by molar-refractivity contribution is 0.148. The predicted octanol–water partition coefficient (Wildman–Crippen LogP) is 0.930. The van der Waals surface area contributed by atoms with Crippen LogP contribution in [0.4, 0.5) is 0 Å². The molecule has 0 radical (unpaired) electrons. The van der Waals surface area contributed by atoms with Gasteiger partial charge >= 0.3 is 0 Å². The molecule has 0 aromatic heterocycles. The minimum Gasteiger partial charge on any atom is -0.394 e. The average molecular weight is 335 g/mol. The second-order valence-electron chi connectivity index (χ2n) is 4.77. The van der Waals surface area contributed by atoms with E-state index in [1.807, 2.05) is 0 Å². The lowest BCUT2D eigenvalue weighted by Gasteiger charge is -2.24. The smallest absolute Gasteiger partial charge is 0.280 e. The number of halogens is 1. The van der Waals surface area contributed by atoms with E-state index in [0.717, 1.165) is 0 Å². The first-order chi connectivity index (χ1) is 10.0. The van der Waals surface area contributed by atoms with Gasteiger partial charge in [-0.05, 0) is 24.1 Å². The summed E-state index contributed by atoms with van der Waals surface area (Å²) in [4.78, 5) is 0. The molecule has 21 heavy (non-hydrogen) atoms. The van der Waals surface area contributed by atoms with Crippen LogP contribution >= 0.6 is 11.6 Å². The van der Waals surface area contributed by atoms with Gasteiger partial charge in [0.25, 0.3) is 10.2 Å². The molecule has 1 aromatic carbocycles. The fourth-order valence-corrected chi connectivity index (χ4v) is 3.65. The van der Waals surface area contributed by atoms with Crippen molar-refractivity contribution in [1.82, 2.24) is 9.03 Å². The molecule has 6 nitrogen and oxygen atoms in total. The minimum absolute atomic E-state index is 0.314. The van der Waals surface area contributed by atoms with E-state index in [9.17, 15) is 13.5 Å². The standard InChI is InChI=1S/C13H19ClN2O4S/c14-12-4-2-11(3-5-12)13(10-17)15-21(18,19)16-6-1-8-20-9-7-16/h2-5,13,15,17H,1,6-10H2/t13-/m0/s1. The Bertz CT molecular complexity index is 542. The van der Waals surface area contributed by atoms with E-state index >= 15 is 0 Å². The molecule has 1 heterocycles. The maximum Gasteiger partial charge on any atom is 0.280 e. The Morgan fingerprint density at radius 3 is 2.67 bits per heavy atom. The predicted molar refractivity (Wildman–Crippen MR) is 80.3 cm³/mol. The summed E-state index contributed by atoms with van der Waals surface area (Å²) in [5, 5.41) is 10.0. The van der Waals surface area contributed by atoms with Gasteiger partial charge < -0.3 is 9.84 Å². The molecular formula is C13H19ClN2O4S. The van der Waals surface area contributed by atoms with Crippen LogP contribution in [0.3, 0.4) is 0 Å². The van der Waals surface area contributed by atoms with E-state index in [1.165, 1.54) is 4.31 Å². The summed E-state index contributed by atoms with van der Waals surface area (Å²) < 4.78 is 33.9. The van der Waals surface area contributed by atoms with Crippen LogP contribution in [-0.2, 0) is 14.9 Å². The van der Waals surface area contributed by atoms with Gasteiger partial charge in [-0.3, -0.25) is 0 Å². The first kappa shape index (κ1) is 16.7. The number of hydrogen-bond acceptors (Lipinski definition) is 4. The van der Waals surface area contributed by atoms with Gasteiger partial charge in [0.1, 0.15) is 0 Å². The molecule has 1 aliphatic rings. The number of aliphatic hydroxyl groups excluding tert-OH is 1. The van der Waals surface area contributed by atoms with Gasteiger partial charge in [-0.15, -0.1) is 0 Å². The summed E-state index contributed by atoms with van der Waals surface area (Å²) in [5.41, 5.74) is 0.663. The van der Waals surface area contributed by atoms with Gasteiger partial charge in [-0.2, -0.15) is 17.4 Å². The van der Waals surface area contributed by atoms with E-state index in [0.29, 0.717) is 43.3 Å². The van der Waals surface area contributed by atoms with E-state index in [1.54, 1.807) is 24.3 Å². The normalized spacial score (nSPS) is 19.1. The van der Waals surface area contributed by atoms with E-state index in [-0.39, 0.29) is 6.61 Å². The molecule has 0 unspecified atom stereocenters. The van der Waals surface area contributed by atoms with Crippen molar-refractivity contribution >= 4 is 21.8 Å². The largest absolute Gasteiger partial charge is 0.394 e. The fourth-order valence-electron chi connectivity index (χ4n) is 2.12. The van der Waals surface area contributed by atoms with Crippen molar-refractivity contribution in [3.8, 4) is 0 Å². The van der Waals surface area contributed by atoms with Gasteiger partial charge in [-0.1, -0.05) is 23.7 Å². The Hall–Kier alpha value is -0.700. The highest BCUT2D eigenvalue weighted by atomic mass is 35.5. The summed E-state index contributed by atoms with van der Waals surface area (Å²) in [7, 11) is -3.67. The molecule has 2 rings (SSSR count). The number of ether oxygens (including phenoxy) is 1. The number of nitrogens with one attached hydrogen (secondary N) is 1. The fraction of sp³-hybridized carbons (Fsp3) is 0.538. The Morgan fingerprint density at radius 2 is 2.00 bits per heavy atom. The van der Waals surface area contributed by atoms with E-state index in [4.69, 9.17) is 16.3 Å². The number of hydrogen-bond donors (Lipinski definition) is 2. The van der Waals surface area contributed by atoms with Crippen LogP contribution in [0, 0.1) is 0 Å². The zero-order chi connectivity index (χ0) is 15.3. The molecule has 0 spiro atoms. The molecule has 1 atom stereocenters. The molecule has 8 heteroatoms. The Kier molecular flexibility index (Phi) is 5.98. The van der Waals surface area contributed by atoms with E-state index < -0.39 is 16.3 Å². The summed E-state index contributed by atoms with van der Waals surface area (Å²) in [6.07, 6.45) is 0.658. The molecule has 1 fully saturated rings. The Labute approximate surface area is 129 Å². The number of rotatable bonds is 5. The Morgan fingerprint density at radius 1 is 1.29 bits per heavy atom. The summed E-state index contributed by atoms with van der Waals surface area (Å²) in [6, 6.07) is 6.01. The third-order valence-corrected chi connectivity index (χ3v) is 5.15. The summed E-state index contributed by atoms with van der Waals surface area (Å²) in [6.45, 7) is 1.34. The lowest BCUT2D eigenvalue weighted by Crippen LogP contribution is -2.44. The maximum atomic E-state index is 12.4. The van der Waals surface area contributed by atoms with Crippen LogP contribution < -0.4 is 4.72 Å². The van der Waals surface area contributed by atoms with Crippen LogP contribution in [0.1, 0.15) is 18.0 Å². The van der Waals surface area contributed by atoms with Crippen molar-refractivity contribution in [2.45, 2.75) is 12.5 Å². The van der Waals surface area contributed by atoms with Crippen molar-refractivity contribution in [1.29, 1.82) is 0 Å². The highest BCUT2D eigenvalue weighted by Crippen LogP contribution is 2.18. The van der Waals surface area contributed by atoms with Crippen LogP contribution in [0.5, 0.6) is 0 Å². The van der Waals surface area contributed by atoms with Crippen molar-refractivity contribution in [3.05, 3.63) is 34.9 Å². The number of aliphatic hydroxyl groups is 1. The summed E-state index contributed by atoms with van der Waals surface area (Å²) in [5.74, 6) is 0. The molecular weight excluding hydrogens is 316 g/mol. The quantitative estimate of drug-likeness (QED) is 0.839. The lowest BCUT2D eigenvalue weighted by atomic mass is 10.1. The second kappa shape index (κ2) is 7.53. The maximum absolute atomic E-state index is 12.4. The van der Waals surface area contributed by atoms with Crippen molar-refractivity contribution in [2.24, 2.45) is 0 Å². The molecule has 118 valence electrons. The third kappa shape index (κ3) is 4.64. The SMILES string of the molecule is O=S(=O)(N[C@@H](CO)c1ccc(Cl)cc1)N1CCCOCC1. The molecule has 2 N–H and O–H groups in total. The van der Waals surface area contributed by atoms with Crippen molar-refractivity contribution in [2.75, 3.05) is 32.9 Å². The van der Waals surface area contributed by atoms with Crippen molar-refractivity contribution in [3.63, 3.8) is 0 Å². The molecule has 0 amide bonds. The zero-order valence-corrected chi connectivity index (χ0v) is 13.1. The van der Waals surface area contributed by atoms with Gasteiger partial charge in [0.15, 0.2) is 0 Å². The number of nitrogens with zero attached hydrogens (tertiary/aromatic N) is 1. The van der Waals surface area contributed by atoms with Crippen LogP contribution in [0.25, 0.3) is 0 Å². The topological polar surface area (TPSA) is 78.9 Å². The third-order valence-electron chi connectivity index (χ3n) is 3.27. The second-order valence-corrected chi connectivity index (χ2v) is 6.91. The Balaban J connectivity index is 2.10.